The Labute approximate surface area is 173 Å². The molecule has 1 aliphatic rings. The fourth-order valence-electron chi connectivity index (χ4n) is 3.40. The fraction of sp³-hybridized carbons (Fsp3) is 0.556. The minimum atomic E-state index is -3.82. The summed E-state index contributed by atoms with van der Waals surface area (Å²) in [5.41, 5.74) is 0.870. The third-order valence-electron chi connectivity index (χ3n) is 5.04. The molecule has 158 valence electrons. The molecule has 9 nitrogen and oxygen atoms in total. The van der Waals surface area contributed by atoms with Crippen LogP contribution in [0.15, 0.2) is 23.1 Å². The number of piperidine rings is 1. The van der Waals surface area contributed by atoms with Crippen molar-refractivity contribution in [1.29, 1.82) is 0 Å². The Hall–Kier alpha value is -2.11. The summed E-state index contributed by atoms with van der Waals surface area (Å²) in [4.78, 5) is 24.8. The zero-order valence-corrected chi connectivity index (χ0v) is 18.1. The van der Waals surface area contributed by atoms with E-state index in [1.54, 1.807) is 12.1 Å². The van der Waals surface area contributed by atoms with Crippen molar-refractivity contribution in [2.75, 3.05) is 20.2 Å². The number of nitrogens with one attached hydrogen (secondary N) is 1. The van der Waals surface area contributed by atoms with Crippen molar-refractivity contribution in [2.24, 2.45) is 11.8 Å². The Kier molecular flexibility index (Phi) is 6.49. The van der Waals surface area contributed by atoms with Gasteiger partial charge in [0.2, 0.25) is 15.9 Å². The summed E-state index contributed by atoms with van der Waals surface area (Å²) in [5, 5.41) is 2.72. The van der Waals surface area contributed by atoms with E-state index in [-0.39, 0.29) is 23.3 Å². The summed E-state index contributed by atoms with van der Waals surface area (Å²) in [6, 6.07) is 4.08. The molecule has 1 unspecified atom stereocenters. The number of carbonyl (C=O) groups is 2. The van der Waals surface area contributed by atoms with E-state index in [1.807, 2.05) is 13.8 Å². The van der Waals surface area contributed by atoms with Gasteiger partial charge in [-0.2, -0.15) is 13.1 Å². The van der Waals surface area contributed by atoms with E-state index in [4.69, 9.17) is 4.74 Å². The quantitative estimate of drug-likeness (QED) is 0.675. The van der Waals surface area contributed by atoms with Gasteiger partial charge in [-0.05, 0) is 30.9 Å². The van der Waals surface area contributed by atoms with Crippen LogP contribution in [0.25, 0.3) is 11.0 Å². The standard InChI is InChI=1S/C18H24N4O5S2/c1-11(2)15(18(24)27-3)19-17(23)12-6-5-9-22(10-12)29(25,26)14-8-4-7-13-16(14)21-28-20-13/h4,7-8,11-12,15H,5-6,9-10H2,1-3H3,(H,19,23)/t12?,15-/m1/s1. The molecule has 1 N–H and O–H groups in total. The number of hydrogen-bond donors (Lipinski definition) is 1. The Morgan fingerprint density at radius 3 is 2.76 bits per heavy atom. The van der Waals surface area contributed by atoms with Gasteiger partial charge in [-0.3, -0.25) is 4.79 Å². The molecule has 2 aromatic rings. The van der Waals surface area contributed by atoms with Crippen LogP contribution in [-0.4, -0.2) is 59.6 Å². The number of carbonyl (C=O) groups excluding carboxylic acids is 2. The number of rotatable bonds is 6. The molecule has 1 aliphatic heterocycles. The highest BCUT2D eigenvalue weighted by Gasteiger charge is 2.36. The van der Waals surface area contributed by atoms with Gasteiger partial charge in [0.1, 0.15) is 22.0 Å². The Morgan fingerprint density at radius 2 is 2.07 bits per heavy atom. The average molecular weight is 441 g/mol. The topological polar surface area (TPSA) is 119 Å². The van der Waals surface area contributed by atoms with Crippen LogP contribution >= 0.6 is 11.7 Å². The lowest BCUT2D eigenvalue weighted by molar-refractivity contribution is -0.147. The number of hydrogen-bond acceptors (Lipinski definition) is 8. The van der Waals surface area contributed by atoms with E-state index in [9.17, 15) is 18.0 Å². The number of methoxy groups -OCH3 is 1. The highest BCUT2D eigenvalue weighted by atomic mass is 32.2. The molecular weight excluding hydrogens is 416 g/mol. The molecule has 0 saturated carbocycles. The molecule has 0 aliphatic carbocycles. The van der Waals surface area contributed by atoms with E-state index in [2.05, 4.69) is 14.1 Å². The number of nitrogens with zero attached hydrogens (tertiary/aromatic N) is 3. The number of sulfonamides is 1. The number of benzene rings is 1. The maximum atomic E-state index is 13.2. The molecule has 11 heteroatoms. The van der Waals surface area contributed by atoms with Crippen LogP contribution in [0.5, 0.6) is 0 Å². The van der Waals surface area contributed by atoms with Crippen LogP contribution in [0.3, 0.4) is 0 Å². The maximum Gasteiger partial charge on any atom is 0.328 e. The average Bonchev–Trinajstić information content (AvgIpc) is 3.19. The van der Waals surface area contributed by atoms with Crippen LogP contribution < -0.4 is 5.32 Å². The fourth-order valence-corrected chi connectivity index (χ4v) is 5.68. The monoisotopic (exact) mass is 440 g/mol. The number of esters is 1. The van der Waals surface area contributed by atoms with Crippen LogP contribution in [0.4, 0.5) is 0 Å². The largest absolute Gasteiger partial charge is 0.467 e. The maximum absolute atomic E-state index is 13.2. The molecule has 1 fully saturated rings. The third kappa shape index (κ3) is 4.41. The lowest BCUT2D eigenvalue weighted by atomic mass is 9.97. The zero-order valence-electron chi connectivity index (χ0n) is 16.5. The van der Waals surface area contributed by atoms with E-state index in [0.29, 0.717) is 30.4 Å². The second-order valence-corrected chi connectivity index (χ2v) is 9.78. The summed E-state index contributed by atoms with van der Waals surface area (Å²) < 4.78 is 40.7. The van der Waals surface area contributed by atoms with Gasteiger partial charge in [0.05, 0.1) is 24.8 Å². The van der Waals surface area contributed by atoms with Crippen LogP contribution in [0.2, 0.25) is 0 Å². The van der Waals surface area contributed by atoms with Crippen molar-refractivity contribution in [3.63, 3.8) is 0 Å². The van der Waals surface area contributed by atoms with Gasteiger partial charge in [0.15, 0.2) is 0 Å². The summed E-state index contributed by atoms with van der Waals surface area (Å²) in [6.07, 6.45) is 1.10. The van der Waals surface area contributed by atoms with Gasteiger partial charge in [-0.1, -0.05) is 19.9 Å². The van der Waals surface area contributed by atoms with Gasteiger partial charge < -0.3 is 10.1 Å². The SMILES string of the molecule is COC(=O)[C@H](NC(=O)C1CCCN(S(=O)(=O)c2cccc3nsnc23)C1)C(C)C. The first kappa shape index (κ1) is 21.6. The van der Waals surface area contributed by atoms with Crippen LogP contribution in [0, 0.1) is 11.8 Å². The third-order valence-corrected chi connectivity index (χ3v) is 7.48. The van der Waals surface area contributed by atoms with Gasteiger partial charge >= 0.3 is 5.97 Å². The van der Waals surface area contributed by atoms with E-state index in [0.717, 1.165) is 11.7 Å². The Bertz CT molecular complexity index is 1000. The van der Waals surface area contributed by atoms with Gasteiger partial charge in [-0.15, -0.1) is 0 Å². The highest BCUT2D eigenvalue weighted by molar-refractivity contribution is 7.89. The minimum Gasteiger partial charge on any atom is -0.467 e. The lowest BCUT2D eigenvalue weighted by Gasteiger charge is -2.32. The minimum absolute atomic E-state index is 0.0497. The normalized spacial score (nSPS) is 19.2. The Balaban J connectivity index is 1.79. The van der Waals surface area contributed by atoms with Crippen LogP contribution in [-0.2, 0) is 24.3 Å². The summed E-state index contributed by atoms with van der Waals surface area (Å²) in [7, 11) is -2.55. The molecule has 2 atom stereocenters. The predicted molar refractivity (Wildman–Crippen MR) is 108 cm³/mol. The smallest absolute Gasteiger partial charge is 0.328 e. The molecular formula is C18H24N4O5S2. The summed E-state index contributed by atoms with van der Waals surface area (Å²) in [6.45, 7) is 3.99. The van der Waals surface area contributed by atoms with Crippen molar-refractivity contribution in [3.8, 4) is 0 Å². The first-order valence-electron chi connectivity index (χ1n) is 9.35. The van der Waals surface area contributed by atoms with Crippen molar-refractivity contribution in [3.05, 3.63) is 18.2 Å². The lowest BCUT2D eigenvalue weighted by Crippen LogP contribution is -2.51. The van der Waals surface area contributed by atoms with Crippen molar-refractivity contribution >= 4 is 44.7 Å². The number of aromatic nitrogens is 2. The van der Waals surface area contributed by atoms with E-state index >= 15 is 0 Å². The molecule has 0 bridgehead atoms. The molecule has 2 heterocycles. The second kappa shape index (κ2) is 8.72. The molecule has 29 heavy (non-hydrogen) atoms. The number of ether oxygens (including phenoxy) is 1. The molecule has 0 spiro atoms. The zero-order chi connectivity index (χ0) is 21.2. The first-order chi connectivity index (χ1) is 13.8. The van der Waals surface area contributed by atoms with Gasteiger partial charge in [0, 0.05) is 13.1 Å². The van der Waals surface area contributed by atoms with Crippen LogP contribution in [0.1, 0.15) is 26.7 Å². The molecule has 1 saturated heterocycles. The second-order valence-electron chi connectivity index (χ2n) is 7.34. The molecule has 1 aromatic carbocycles. The summed E-state index contributed by atoms with van der Waals surface area (Å²) >= 11 is 0.959. The van der Waals surface area contributed by atoms with Gasteiger partial charge in [0.25, 0.3) is 0 Å². The van der Waals surface area contributed by atoms with Gasteiger partial charge in [-0.25, -0.2) is 13.2 Å². The molecule has 0 radical (unpaired) electrons. The van der Waals surface area contributed by atoms with E-state index in [1.165, 1.54) is 17.5 Å². The first-order valence-corrected chi connectivity index (χ1v) is 11.5. The van der Waals surface area contributed by atoms with E-state index < -0.39 is 28.0 Å². The molecule has 1 aromatic heterocycles. The highest BCUT2D eigenvalue weighted by Crippen LogP contribution is 2.28. The summed E-state index contributed by atoms with van der Waals surface area (Å²) in [5.74, 6) is -1.55. The molecule has 1 amide bonds. The van der Waals surface area contributed by atoms with Crippen molar-refractivity contribution < 1.29 is 22.7 Å². The number of fused-ring (bicyclic) bond motifs is 1. The van der Waals surface area contributed by atoms with Crippen molar-refractivity contribution in [1.82, 2.24) is 18.4 Å². The van der Waals surface area contributed by atoms with Crippen molar-refractivity contribution in [2.45, 2.75) is 37.6 Å². The number of amides is 1. The predicted octanol–water partition coefficient (Wildman–Crippen LogP) is 1.41. The molecule has 3 rings (SSSR count). The Morgan fingerprint density at radius 1 is 1.31 bits per heavy atom.